The molecule has 0 radical (unpaired) electrons. The van der Waals surface area contributed by atoms with Gasteiger partial charge in [0.15, 0.2) is 0 Å². The van der Waals surface area contributed by atoms with Crippen molar-refractivity contribution in [1.82, 2.24) is 5.32 Å². The van der Waals surface area contributed by atoms with E-state index in [1.165, 1.54) is 26.4 Å². The molecule has 0 bridgehead atoms. The van der Waals surface area contributed by atoms with Gasteiger partial charge in [-0.25, -0.2) is 4.79 Å². The van der Waals surface area contributed by atoms with Gasteiger partial charge < -0.3 is 14.5 Å². The molecule has 0 spiro atoms. The number of rotatable bonds is 4. The quantitative estimate of drug-likeness (QED) is 0.794. The van der Waals surface area contributed by atoms with Gasteiger partial charge in [0, 0.05) is 5.54 Å². The van der Waals surface area contributed by atoms with Crippen molar-refractivity contribution in [2.45, 2.75) is 38.3 Å². The molecule has 2 rings (SSSR count). The molecular formula is C12H17NO3. The highest BCUT2D eigenvalue weighted by Gasteiger charge is 2.31. The van der Waals surface area contributed by atoms with Gasteiger partial charge in [-0.2, -0.15) is 0 Å². The van der Waals surface area contributed by atoms with Crippen LogP contribution >= 0.6 is 0 Å². The average Bonchev–Trinajstić information content (AvgIpc) is 2.71. The highest BCUT2D eigenvalue weighted by atomic mass is 16.5. The Morgan fingerprint density at radius 3 is 2.88 bits per heavy atom. The molecule has 0 aliphatic heterocycles. The Balaban J connectivity index is 1.90. The Morgan fingerprint density at radius 1 is 1.56 bits per heavy atom. The van der Waals surface area contributed by atoms with Crippen LogP contribution in [0.2, 0.25) is 0 Å². The second-order valence-electron chi connectivity index (χ2n) is 4.53. The number of carbonyl (C=O) groups is 1. The Hall–Kier alpha value is -1.29. The highest BCUT2D eigenvalue weighted by molar-refractivity contribution is 5.86. The Bertz CT molecular complexity index is 379. The third-order valence-corrected chi connectivity index (χ3v) is 3.19. The number of furan rings is 1. The summed E-state index contributed by atoms with van der Waals surface area (Å²) in [5, 5.41) is 3.44. The fourth-order valence-corrected chi connectivity index (χ4v) is 1.87. The second-order valence-corrected chi connectivity index (χ2v) is 4.53. The first-order chi connectivity index (χ1) is 7.63. The molecule has 0 unspecified atom stereocenters. The first kappa shape index (κ1) is 11.2. The maximum absolute atomic E-state index is 11.2. The molecule has 1 aromatic rings. The maximum Gasteiger partial charge on any atom is 0.373 e. The van der Waals surface area contributed by atoms with E-state index in [9.17, 15) is 4.79 Å². The van der Waals surface area contributed by atoms with Gasteiger partial charge in [-0.15, -0.1) is 0 Å². The topological polar surface area (TPSA) is 51.5 Å². The predicted molar refractivity (Wildman–Crippen MR) is 59.1 cm³/mol. The van der Waals surface area contributed by atoms with Crippen LogP contribution in [-0.2, 0) is 11.3 Å². The number of ether oxygens (including phenoxy) is 1. The lowest BCUT2D eigenvalue weighted by atomic mass is 9.78. The average molecular weight is 223 g/mol. The molecular weight excluding hydrogens is 206 g/mol. The van der Waals surface area contributed by atoms with Crippen LogP contribution in [0, 0.1) is 0 Å². The molecule has 1 aliphatic carbocycles. The van der Waals surface area contributed by atoms with Crippen molar-refractivity contribution in [3.8, 4) is 0 Å². The molecule has 4 heteroatoms. The lowest BCUT2D eigenvalue weighted by Crippen LogP contribution is -2.47. The van der Waals surface area contributed by atoms with Crippen LogP contribution in [0.25, 0.3) is 0 Å². The molecule has 0 aromatic carbocycles. The fraction of sp³-hybridized carbons (Fsp3) is 0.583. The van der Waals surface area contributed by atoms with Crippen LogP contribution in [0.15, 0.2) is 16.5 Å². The standard InChI is InChI=1S/C12H17NO3/c1-12(6-3-7-12)13-8-9-4-5-10(16-9)11(14)15-2/h4-5,13H,3,6-8H2,1-2H3. The zero-order valence-corrected chi connectivity index (χ0v) is 9.71. The first-order valence-corrected chi connectivity index (χ1v) is 5.55. The van der Waals surface area contributed by atoms with E-state index >= 15 is 0 Å². The van der Waals surface area contributed by atoms with E-state index < -0.39 is 5.97 Å². The van der Waals surface area contributed by atoms with Gasteiger partial charge >= 0.3 is 5.97 Å². The smallest absolute Gasteiger partial charge is 0.373 e. The molecule has 16 heavy (non-hydrogen) atoms. The zero-order valence-electron chi connectivity index (χ0n) is 9.71. The summed E-state index contributed by atoms with van der Waals surface area (Å²) in [5.74, 6) is 0.604. The monoisotopic (exact) mass is 223 g/mol. The van der Waals surface area contributed by atoms with Gasteiger partial charge in [0.2, 0.25) is 5.76 Å². The molecule has 1 fully saturated rings. The van der Waals surface area contributed by atoms with Crippen LogP contribution in [-0.4, -0.2) is 18.6 Å². The van der Waals surface area contributed by atoms with E-state index in [4.69, 9.17) is 4.42 Å². The van der Waals surface area contributed by atoms with Crippen molar-refractivity contribution in [3.05, 3.63) is 23.7 Å². The number of hydrogen-bond donors (Lipinski definition) is 1. The van der Waals surface area contributed by atoms with Gasteiger partial charge in [-0.05, 0) is 38.3 Å². The van der Waals surface area contributed by atoms with Crippen molar-refractivity contribution in [1.29, 1.82) is 0 Å². The van der Waals surface area contributed by atoms with E-state index in [1.807, 2.05) is 0 Å². The lowest BCUT2D eigenvalue weighted by molar-refractivity contribution is 0.0562. The van der Waals surface area contributed by atoms with Gasteiger partial charge in [-0.3, -0.25) is 0 Å². The Kier molecular flexibility index (Phi) is 3.01. The summed E-state index contributed by atoms with van der Waals surface area (Å²) in [6.45, 7) is 2.87. The molecule has 1 aliphatic rings. The lowest BCUT2D eigenvalue weighted by Gasteiger charge is -2.39. The summed E-state index contributed by atoms with van der Waals surface area (Å²) in [5.41, 5.74) is 0.248. The second kappa shape index (κ2) is 4.29. The number of carbonyl (C=O) groups excluding carboxylic acids is 1. The number of methoxy groups -OCH3 is 1. The third-order valence-electron chi connectivity index (χ3n) is 3.19. The van der Waals surface area contributed by atoms with E-state index in [1.54, 1.807) is 12.1 Å². The van der Waals surface area contributed by atoms with E-state index in [2.05, 4.69) is 17.0 Å². The number of hydrogen-bond acceptors (Lipinski definition) is 4. The predicted octanol–water partition coefficient (Wildman–Crippen LogP) is 2.10. The minimum atomic E-state index is -0.430. The molecule has 0 atom stereocenters. The first-order valence-electron chi connectivity index (χ1n) is 5.55. The summed E-state index contributed by atoms with van der Waals surface area (Å²) in [6, 6.07) is 3.45. The normalized spacial score (nSPS) is 17.9. The van der Waals surface area contributed by atoms with E-state index in [0.29, 0.717) is 6.54 Å². The van der Waals surface area contributed by atoms with Gasteiger partial charge in [0.1, 0.15) is 5.76 Å². The van der Waals surface area contributed by atoms with E-state index in [-0.39, 0.29) is 11.3 Å². The molecule has 0 amide bonds. The van der Waals surface area contributed by atoms with Crippen LogP contribution in [0.4, 0.5) is 0 Å². The molecule has 1 saturated carbocycles. The van der Waals surface area contributed by atoms with Gasteiger partial charge in [-0.1, -0.05) is 0 Å². The summed E-state index contributed by atoms with van der Waals surface area (Å²) < 4.78 is 9.94. The molecule has 0 saturated heterocycles. The van der Waals surface area contributed by atoms with Crippen molar-refractivity contribution < 1.29 is 13.9 Å². The van der Waals surface area contributed by atoms with Crippen molar-refractivity contribution in [2.24, 2.45) is 0 Å². The summed E-state index contributed by atoms with van der Waals surface area (Å²) in [6.07, 6.45) is 3.70. The summed E-state index contributed by atoms with van der Waals surface area (Å²) in [7, 11) is 1.35. The summed E-state index contributed by atoms with van der Waals surface area (Å²) in [4.78, 5) is 11.2. The zero-order chi connectivity index (χ0) is 11.6. The van der Waals surface area contributed by atoms with Crippen LogP contribution < -0.4 is 5.32 Å². The number of esters is 1. The third kappa shape index (κ3) is 2.27. The fourth-order valence-electron chi connectivity index (χ4n) is 1.87. The van der Waals surface area contributed by atoms with Crippen molar-refractivity contribution in [3.63, 3.8) is 0 Å². The summed E-state index contributed by atoms with van der Waals surface area (Å²) >= 11 is 0. The molecule has 4 nitrogen and oxygen atoms in total. The van der Waals surface area contributed by atoms with Gasteiger partial charge in [0.05, 0.1) is 13.7 Å². The molecule has 1 aromatic heterocycles. The van der Waals surface area contributed by atoms with Crippen molar-refractivity contribution >= 4 is 5.97 Å². The minimum Gasteiger partial charge on any atom is -0.463 e. The SMILES string of the molecule is COC(=O)c1ccc(CNC2(C)CCC2)o1. The molecule has 88 valence electrons. The van der Waals surface area contributed by atoms with Crippen LogP contribution in [0.1, 0.15) is 42.5 Å². The Labute approximate surface area is 95.0 Å². The van der Waals surface area contributed by atoms with Crippen LogP contribution in [0.5, 0.6) is 0 Å². The largest absolute Gasteiger partial charge is 0.463 e. The number of nitrogens with one attached hydrogen (secondary N) is 1. The van der Waals surface area contributed by atoms with E-state index in [0.717, 1.165) is 5.76 Å². The van der Waals surface area contributed by atoms with Crippen LogP contribution in [0.3, 0.4) is 0 Å². The van der Waals surface area contributed by atoms with Gasteiger partial charge in [0.25, 0.3) is 0 Å². The van der Waals surface area contributed by atoms with Crippen molar-refractivity contribution in [2.75, 3.05) is 7.11 Å². The Morgan fingerprint density at radius 2 is 2.31 bits per heavy atom. The minimum absolute atomic E-state index is 0.248. The maximum atomic E-state index is 11.2. The molecule has 1 heterocycles. The highest BCUT2D eigenvalue weighted by Crippen LogP contribution is 2.31. The molecule has 1 N–H and O–H groups in total.